The van der Waals surface area contributed by atoms with Crippen molar-refractivity contribution in [3.05, 3.63) is 72.6 Å². The van der Waals surface area contributed by atoms with Gasteiger partial charge in [-0.2, -0.15) is 4.98 Å². The van der Waals surface area contributed by atoms with Gasteiger partial charge in [-0.1, -0.05) is 6.07 Å². The fourth-order valence-corrected chi connectivity index (χ4v) is 4.55. The SMILES string of the molecule is Cc1ccc(O)cc1-c1nccc(Nc2ccnc(Nc3ccc(N4CCC(N(C)C)CC4)cc3)n2)n1. The van der Waals surface area contributed by atoms with Gasteiger partial charge in [-0.25, -0.2) is 15.0 Å². The third-order valence-electron chi connectivity index (χ3n) is 6.71. The predicted molar refractivity (Wildman–Crippen MR) is 148 cm³/mol. The van der Waals surface area contributed by atoms with Gasteiger partial charge in [0.25, 0.3) is 0 Å². The molecule has 0 saturated carbocycles. The second kappa shape index (κ2) is 10.8. The molecule has 4 aromatic rings. The highest BCUT2D eigenvalue weighted by molar-refractivity contribution is 5.65. The molecule has 1 fully saturated rings. The summed E-state index contributed by atoms with van der Waals surface area (Å²) in [6.07, 6.45) is 5.74. The van der Waals surface area contributed by atoms with Crippen LogP contribution in [0.5, 0.6) is 5.75 Å². The average Bonchev–Trinajstić information content (AvgIpc) is 2.91. The van der Waals surface area contributed by atoms with Crippen molar-refractivity contribution in [3.8, 4) is 17.1 Å². The summed E-state index contributed by atoms with van der Waals surface area (Å²) in [6, 6.07) is 17.8. The highest BCUT2D eigenvalue weighted by Crippen LogP contribution is 2.27. The minimum Gasteiger partial charge on any atom is -0.508 e. The first-order valence-electron chi connectivity index (χ1n) is 12.5. The molecule has 0 unspecified atom stereocenters. The molecule has 3 N–H and O–H groups in total. The molecule has 0 aliphatic carbocycles. The van der Waals surface area contributed by atoms with E-state index in [-0.39, 0.29) is 5.75 Å². The number of rotatable bonds is 7. The predicted octanol–water partition coefficient (Wildman–Crippen LogP) is 4.97. The standard InChI is InChI=1S/C28H32N8O/c1-19-4-9-23(37)18-24(19)27-29-14-10-25(33-27)32-26-11-15-30-28(34-26)31-20-5-7-22(8-6-20)36-16-12-21(13-17-36)35(2)3/h4-11,14-15,18,21,37H,12-13,16-17H2,1-3H3,(H2,29,30,31,32,33,34). The molecule has 9 heteroatoms. The number of aromatic nitrogens is 4. The Kier molecular flexibility index (Phi) is 7.14. The van der Waals surface area contributed by atoms with Gasteiger partial charge >= 0.3 is 0 Å². The van der Waals surface area contributed by atoms with Gasteiger partial charge in [0.15, 0.2) is 5.82 Å². The van der Waals surface area contributed by atoms with Crippen molar-refractivity contribution in [2.24, 2.45) is 0 Å². The molecular weight excluding hydrogens is 464 g/mol. The van der Waals surface area contributed by atoms with Crippen molar-refractivity contribution in [1.82, 2.24) is 24.8 Å². The van der Waals surface area contributed by atoms with E-state index in [1.165, 1.54) is 18.5 Å². The van der Waals surface area contributed by atoms with E-state index in [4.69, 9.17) is 0 Å². The van der Waals surface area contributed by atoms with Crippen LogP contribution in [0.2, 0.25) is 0 Å². The van der Waals surface area contributed by atoms with Crippen LogP contribution in [0.25, 0.3) is 11.4 Å². The molecule has 190 valence electrons. The summed E-state index contributed by atoms with van der Waals surface area (Å²) in [4.78, 5) is 22.7. The maximum Gasteiger partial charge on any atom is 0.229 e. The van der Waals surface area contributed by atoms with Crippen molar-refractivity contribution in [1.29, 1.82) is 0 Å². The second-order valence-corrected chi connectivity index (χ2v) is 9.51. The number of aromatic hydroxyl groups is 1. The van der Waals surface area contributed by atoms with E-state index >= 15 is 0 Å². The zero-order valence-electron chi connectivity index (χ0n) is 21.4. The van der Waals surface area contributed by atoms with Crippen molar-refractivity contribution in [3.63, 3.8) is 0 Å². The molecule has 2 aromatic carbocycles. The number of benzene rings is 2. The highest BCUT2D eigenvalue weighted by Gasteiger charge is 2.20. The summed E-state index contributed by atoms with van der Waals surface area (Å²) < 4.78 is 0. The lowest BCUT2D eigenvalue weighted by Crippen LogP contribution is -2.41. The molecule has 1 saturated heterocycles. The molecule has 0 spiro atoms. The first kappa shape index (κ1) is 24.5. The maximum absolute atomic E-state index is 9.87. The fraction of sp³-hybridized carbons (Fsp3) is 0.286. The van der Waals surface area contributed by atoms with Gasteiger partial charge in [0.2, 0.25) is 5.95 Å². The van der Waals surface area contributed by atoms with Crippen molar-refractivity contribution < 1.29 is 5.11 Å². The highest BCUT2D eigenvalue weighted by atomic mass is 16.3. The van der Waals surface area contributed by atoms with Crippen molar-refractivity contribution in [2.45, 2.75) is 25.8 Å². The number of aryl methyl sites for hydroxylation is 1. The fourth-order valence-electron chi connectivity index (χ4n) is 4.55. The summed E-state index contributed by atoms with van der Waals surface area (Å²) in [6.45, 7) is 4.10. The van der Waals surface area contributed by atoms with Crippen LogP contribution in [0, 0.1) is 6.92 Å². The van der Waals surface area contributed by atoms with Gasteiger partial charge in [-0.15, -0.1) is 0 Å². The molecule has 0 radical (unpaired) electrons. The number of nitrogens with one attached hydrogen (secondary N) is 2. The molecule has 5 rings (SSSR count). The van der Waals surface area contributed by atoms with Crippen LogP contribution in [0.3, 0.4) is 0 Å². The van der Waals surface area contributed by atoms with Crippen LogP contribution >= 0.6 is 0 Å². The molecule has 2 aromatic heterocycles. The van der Waals surface area contributed by atoms with E-state index in [0.717, 1.165) is 29.9 Å². The second-order valence-electron chi connectivity index (χ2n) is 9.51. The first-order valence-corrected chi connectivity index (χ1v) is 12.5. The Morgan fingerprint density at radius 2 is 1.57 bits per heavy atom. The first-order chi connectivity index (χ1) is 17.9. The summed E-state index contributed by atoms with van der Waals surface area (Å²) >= 11 is 0. The molecule has 1 aliphatic rings. The van der Waals surface area contributed by atoms with Crippen LogP contribution in [0.1, 0.15) is 18.4 Å². The van der Waals surface area contributed by atoms with Crippen LogP contribution in [0.4, 0.5) is 29.0 Å². The van der Waals surface area contributed by atoms with E-state index < -0.39 is 0 Å². The summed E-state index contributed by atoms with van der Waals surface area (Å²) in [5, 5.41) is 16.4. The van der Waals surface area contributed by atoms with Crippen molar-refractivity contribution in [2.75, 3.05) is 42.7 Å². The van der Waals surface area contributed by atoms with Crippen LogP contribution in [0.15, 0.2) is 67.0 Å². The lowest BCUT2D eigenvalue weighted by atomic mass is 10.0. The summed E-state index contributed by atoms with van der Waals surface area (Å²) in [7, 11) is 4.33. The zero-order chi connectivity index (χ0) is 25.8. The van der Waals surface area contributed by atoms with E-state index in [0.29, 0.717) is 29.5 Å². The van der Waals surface area contributed by atoms with Crippen LogP contribution in [-0.4, -0.2) is 63.2 Å². The molecule has 0 amide bonds. The number of nitrogens with zero attached hydrogens (tertiary/aromatic N) is 6. The van der Waals surface area contributed by atoms with E-state index in [9.17, 15) is 5.11 Å². The topological polar surface area (TPSA) is 102 Å². The van der Waals surface area contributed by atoms with Gasteiger partial charge in [0.1, 0.15) is 17.4 Å². The summed E-state index contributed by atoms with van der Waals surface area (Å²) in [5.74, 6) is 2.39. The third kappa shape index (κ3) is 5.95. The van der Waals surface area contributed by atoms with Crippen molar-refractivity contribution >= 4 is 29.0 Å². The smallest absolute Gasteiger partial charge is 0.229 e. The van der Waals surface area contributed by atoms with Crippen LogP contribution < -0.4 is 15.5 Å². The molecule has 0 atom stereocenters. The lowest BCUT2D eigenvalue weighted by molar-refractivity contribution is 0.249. The Morgan fingerprint density at radius 3 is 2.30 bits per heavy atom. The van der Waals surface area contributed by atoms with Gasteiger partial charge in [0.05, 0.1) is 0 Å². The quantitative estimate of drug-likeness (QED) is 0.327. The maximum atomic E-state index is 9.87. The average molecular weight is 497 g/mol. The van der Waals surface area contributed by atoms with Crippen LogP contribution in [-0.2, 0) is 0 Å². The minimum atomic E-state index is 0.177. The molecular formula is C28H32N8O. The van der Waals surface area contributed by atoms with E-state index in [2.05, 4.69) is 78.7 Å². The molecule has 1 aliphatic heterocycles. The number of hydrogen-bond donors (Lipinski definition) is 3. The number of phenols is 1. The number of phenolic OH excluding ortho intramolecular Hbond substituents is 1. The minimum absolute atomic E-state index is 0.177. The van der Waals surface area contributed by atoms with E-state index in [1.54, 1.807) is 36.7 Å². The zero-order valence-corrected chi connectivity index (χ0v) is 21.4. The number of hydrogen-bond acceptors (Lipinski definition) is 9. The molecule has 37 heavy (non-hydrogen) atoms. The molecule has 0 bridgehead atoms. The molecule has 9 nitrogen and oxygen atoms in total. The lowest BCUT2D eigenvalue weighted by Gasteiger charge is -2.36. The summed E-state index contributed by atoms with van der Waals surface area (Å²) in [5.41, 5.74) is 3.92. The number of anilines is 5. The Balaban J connectivity index is 1.24. The third-order valence-corrected chi connectivity index (χ3v) is 6.71. The van der Waals surface area contributed by atoms with Gasteiger partial charge in [-0.05, 0) is 88.0 Å². The van der Waals surface area contributed by atoms with Gasteiger partial charge < -0.3 is 25.5 Å². The Hall–Kier alpha value is -4.24. The molecule has 3 heterocycles. The monoisotopic (exact) mass is 496 g/mol. The Morgan fingerprint density at radius 1 is 0.865 bits per heavy atom. The van der Waals surface area contributed by atoms with Gasteiger partial charge in [0, 0.05) is 48.5 Å². The van der Waals surface area contributed by atoms with E-state index in [1.807, 2.05) is 13.0 Å². The number of piperidine rings is 1. The Bertz CT molecular complexity index is 1350. The normalized spacial score (nSPS) is 14.1. The largest absolute Gasteiger partial charge is 0.508 e. The Labute approximate surface area is 217 Å². The van der Waals surface area contributed by atoms with Gasteiger partial charge in [-0.3, -0.25) is 0 Å².